The van der Waals surface area contributed by atoms with E-state index < -0.39 is 23.3 Å². The lowest BCUT2D eigenvalue weighted by atomic mass is 9.48. The molecule has 4 aliphatic carbocycles. The minimum Gasteiger partial charge on any atom is -0.385 e. The molecule has 5 aliphatic rings. The molecular formula is C29H41BrO8. The van der Waals surface area contributed by atoms with Gasteiger partial charge in [-0.1, -0.05) is 46.3 Å². The first kappa shape index (κ1) is 28.6. The lowest BCUT2D eigenvalue weighted by Gasteiger charge is -2.61. The summed E-state index contributed by atoms with van der Waals surface area (Å²) in [6.07, 6.45) is 1.95. The fraction of sp³-hybridized carbons (Fsp3) is 0.724. The Kier molecular flexibility index (Phi) is 8.70. The first-order chi connectivity index (χ1) is 18.3. The predicted octanol–water partition coefficient (Wildman–Crippen LogP) is 4.04. The van der Waals surface area contributed by atoms with Crippen molar-refractivity contribution in [3.05, 3.63) is 47.5 Å². The number of hydrogen-bond donors (Lipinski definition) is 1. The summed E-state index contributed by atoms with van der Waals surface area (Å²) in [6.45, 7) is 8.39. The van der Waals surface area contributed by atoms with Crippen molar-refractivity contribution in [3.8, 4) is 0 Å². The minimum atomic E-state index is -1.04. The zero-order valence-corrected chi connectivity index (χ0v) is 24.4. The van der Waals surface area contributed by atoms with Crippen LogP contribution >= 0.6 is 15.9 Å². The predicted molar refractivity (Wildman–Crippen MR) is 143 cm³/mol. The van der Waals surface area contributed by atoms with E-state index in [1.54, 1.807) is 7.11 Å². The van der Waals surface area contributed by atoms with Crippen LogP contribution in [0.5, 0.6) is 0 Å². The van der Waals surface area contributed by atoms with E-state index in [9.17, 15) is 5.11 Å². The smallest absolute Gasteiger partial charge is 0.167 e. The first-order valence-corrected chi connectivity index (χ1v) is 14.7. The number of ether oxygens (including phenoxy) is 7. The van der Waals surface area contributed by atoms with Crippen molar-refractivity contribution < 1.29 is 38.3 Å². The number of alkyl halides is 1. The molecule has 38 heavy (non-hydrogen) atoms. The van der Waals surface area contributed by atoms with Crippen LogP contribution in [0.3, 0.4) is 0 Å². The number of methoxy groups -OCH3 is 1. The molecular weight excluding hydrogens is 556 g/mol. The second kappa shape index (κ2) is 11.5. The van der Waals surface area contributed by atoms with Gasteiger partial charge in [-0.15, -0.1) is 0 Å². The van der Waals surface area contributed by atoms with Gasteiger partial charge in [0, 0.05) is 19.6 Å². The average molecular weight is 598 g/mol. The van der Waals surface area contributed by atoms with Crippen LogP contribution in [0.1, 0.15) is 32.8 Å². The third kappa shape index (κ3) is 5.15. The molecule has 1 unspecified atom stereocenters. The molecule has 4 fully saturated rings. The lowest BCUT2D eigenvalue weighted by Crippen LogP contribution is -2.70. The highest BCUT2D eigenvalue weighted by Crippen LogP contribution is 2.69. The van der Waals surface area contributed by atoms with Crippen molar-refractivity contribution in [2.45, 2.75) is 63.2 Å². The molecule has 1 heterocycles. The third-order valence-corrected chi connectivity index (χ3v) is 9.02. The minimum absolute atomic E-state index is 0.0133. The summed E-state index contributed by atoms with van der Waals surface area (Å²) >= 11 is 3.48. The zero-order chi connectivity index (χ0) is 27.0. The maximum absolute atomic E-state index is 12.2. The summed E-state index contributed by atoms with van der Waals surface area (Å²) in [5.41, 5.74) is 0.197. The Morgan fingerprint density at radius 1 is 1.08 bits per heavy atom. The van der Waals surface area contributed by atoms with Crippen molar-refractivity contribution in [1.29, 1.82) is 0 Å². The van der Waals surface area contributed by atoms with Crippen LogP contribution < -0.4 is 0 Å². The van der Waals surface area contributed by atoms with Crippen molar-refractivity contribution in [3.63, 3.8) is 0 Å². The van der Waals surface area contributed by atoms with Gasteiger partial charge in [-0.3, -0.25) is 0 Å². The van der Waals surface area contributed by atoms with Crippen LogP contribution in [0.25, 0.3) is 0 Å². The number of aliphatic hydroxyl groups is 1. The summed E-state index contributed by atoms with van der Waals surface area (Å²) in [7, 11) is 1.63. The zero-order valence-electron chi connectivity index (χ0n) is 22.8. The van der Waals surface area contributed by atoms with Crippen molar-refractivity contribution >= 4 is 15.9 Å². The second-order valence-corrected chi connectivity index (χ2v) is 11.9. The van der Waals surface area contributed by atoms with Gasteiger partial charge in [0.2, 0.25) is 0 Å². The molecule has 1 aliphatic heterocycles. The Hall–Kier alpha value is -0.880. The fourth-order valence-electron chi connectivity index (χ4n) is 7.43. The molecule has 0 radical (unpaired) electrons. The molecule has 9 heteroatoms. The van der Waals surface area contributed by atoms with Gasteiger partial charge < -0.3 is 38.3 Å². The number of rotatable bonds is 14. The van der Waals surface area contributed by atoms with Gasteiger partial charge in [0.15, 0.2) is 12.1 Å². The number of fused-ring (bicyclic) bond motifs is 1. The van der Waals surface area contributed by atoms with Crippen LogP contribution in [0.15, 0.2) is 42.0 Å². The summed E-state index contributed by atoms with van der Waals surface area (Å²) in [5.74, 6) is -0.939. The lowest BCUT2D eigenvalue weighted by molar-refractivity contribution is -0.239. The van der Waals surface area contributed by atoms with Crippen LogP contribution in [-0.2, 0) is 39.8 Å². The van der Waals surface area contributed by atoms with E-state index in [1.165, 1.54) is 0 Å². The number of halogens is 1. The molecule has 6 rings (SSSR count). The van der Waals surface area contributed by atoms with Crippen molar-refractivity contribution in [2.24, 2.45) is 23.7 Å². The first-order valence-electron chi connectivity index (χ1n) is 13.6. The maximum Gasteiger partial charge on any atom is 0.167 e. The Morgan fingerprint density at radius 2 is 1.84 bits per heavy atom. The Labute approximate surface area is 234 Å². The summed E-state index contributed by atoms with van der Waals surface area (Å²) in [6, 6.07) is 10.1. The molecule has 3 saturated carbocycles. The monoisotopic (exact) mass is 596 g/mol. The fourth-order valence-corrected chi connectivity index (χ4v) is 7.81. The van der Waals surface area contributed by atoms with Gasteiger partial charge in [-0.25, -0.2) is 0 Å². The molecule has 0 amide bonds. The van der Waals surface area contributed by atoms with Crippen LogP contribution in [0.2, 0.25) is 0 Å². The van der Waals surface area contributed by atoms with Crippen molar-refractivity contribution in [2.75, 3.05) is 45.7 Å². The van der Waals surface area contributed by atoms with Crippen LogP contribution in [-0.4, -0.2) is 80.2 Å². The summed E-state index contributed by atoms with van der Waals surface area (Å²) in [5, 5.41) is 12.7. The van der Waals surface area contributed by atoms with Gasteiger partial charge in [0.1, 0.15) is 12.4 Å². The summed E-state index contributed by atoms with van der Waals surface area (Å²) in [4.78, 5) is 0. The van der Waals surface area contributed by atoms with Gasteiger partial charge in [-0.05, 0) is 62.2 Å². The van der Waals surface area contributed by atoms with Crippen molar-refractivity contribution in [1.82, 2.24) is 0 Å². The van der Waals surface area contributed by atoms with E-state index in [2.05, 4.69) is 28.1 Å². The number of benzene rings is 1. The van der Waals surface area contributed by atoms with E-state index in [-0.39, 0.29) is 36.6 Å². The van der Waals surface area contributed by atoms with E-state index in [0.717, 1.165) is 11.1 Å². The molecule has 1 N–H and O–H groups in total. The Bertz CT molecular complexity index is 973. The van der Waals surface area contributed by atoms with Gasteiger partial charge >= 0.3 is 0 Å². The quantitative estimate of drug-likeness (QED) is 0.149. The van der Waals surface area contributed by atoms with E-state index in [4.69, 9.17) is 33.2 Å². The summed E-state index contributed by atoms with van der Waals surface area (Å²) < 4.78 is 42.8. The molecule has 1 saturated heterocycles. The number of hydrogen-bond acceptors (Lipinski definition) is 8. The highest BCUT2D eigenvalue weighted by Gasteiger charge is 2.78. The topological polar surface area (TPSA) is 84.8 Å². The van der Waals surface area contributed by atoms with Gasteiger partial charge in [-0.2, -0.15) is 0 Å². The molecule has 4 bridgehead atoms. The standard InChI is InChI=1S/C29H41BrO8/c1-5-35-24(13-30)36-15-20-11-28(31)12-21-22(16-34-18-32-4)23(17-33-14-19-9-7-6-8-10-19)25(28)29(20)26(21)37-27(2,3)38-29/h6-11,21-26,31H,5,12-18H2,1-4H3/t21-,22-,23+,24?,25-,26+,28-,29-/m0/s1. The normalized spacial score (nSPS) is 37.3. The molecule has 1 aromatic rings. The van der Waals surface area contributed by atoms with E-state index in [0.29, 0.717) is 44.8 Å². The maximum atomic E-state index is 12.2. The highest BCUT2D eigenvalue weighted by molar-refractivity contribution is 9.09. The molecule has 8 nitrogen and oxygen atoms in total. The molecule has 1 spiro atoms. The van der Waals surface area contributed by atoms with Crippen LogP contribution in [0.4, 0.5) is 0 Å². The Morgan fingerprint density at radius 3 is 2.55 bits per heavy atom. The van der Waals surface area contributed by atoms with Gasteiger partial charge in [0.05, 0.1) is 43.5 Å². The SMILES string of the molecule is CCOC(CBr)OCC1=C[C@]2(O)C[C@H]3[C@H](COCOC)[C@@H](COCc4ccccc4)[C@@H]2[C@@]12OC(C)(C)O[C@H]32. The highest BCUT2D eigenvalue weighted by atomic mass is 79.9. The largest absolute Gasteiger partial charge is 0.385 e. The molecule has 1 aromatic carbocycles. The molecule has 0 aromatic heterocycles. The molecule has 8 atom stereocenters. The van der Waals surface area contributed by atoms with E-state index >= 15 is 0 Å². The Balaban J connectivity index is 1.45. The third-order valence-electron chi connectivity index (χ3n) is 8.49. The van der Waals surface area contributed by atoms with Crippen LogP contribution in [0, 0.1) is 23.7 Å². The molecule has 212 valence electrons. The second-order valence-electron chi connectivity index (χ2n) is 11.3. The van der Waals surface area contributed by atoms with E-state index in [1.807, 2.05) is 45.0 Å². The van der Waals surface area contributed by atoms with Gasteiger partial charge in [0.25, 0.3) is 0 Å². The average Bonchev–Trinajstić information content (AvgIpc) is 3.30.